The molecule has 0 radical (unpaired) electrons. The summed E-state index contributed by atoms with van der Waals surface area (Å²) in [6.45, 7) is 3.86. The molecule has 0 aliphatic carbocycles. The van der Waals surface area contributed by atoms with E-state index in [1.54, 1.807) is 0 Å². The van der Waals surface area contributed by atoms with E-state index in [0.29, 0.717) is 43.0 Å². The SMILES string of the molecule is CCOC1(c2noc(CSCC#N)n2)CCOCC1. The van der Waals surface area contributed by atoms with Crippen molar-refractivity contribution < 1.29 is 14.0 Å². The Morgan fingerprint density at radius 2 is 2.26 bits per heavy atom. The van der Waals surface area contributed by atoms with Crippen molar-refractivity contribution in [3.05, 3.63) is 11.7 Å². The van der Waals surface area contributed by atoms with Gasteiger partial charge in [0, 0.05) is 32.7 Å². The molecule has 1 aliphatic heterocycles. The third-order valence-electron chi connectivity index (χ3n) is 2.99. The van der Waals surface area contributed by atoms with Gasteiger partial charge in [0.15, 0.2) is 0 Å². The van der Waals surface area contributed by atoms with Gasteiger partial charge < -0.3 is 14.0 Å². The number of nitriles is 1. The van der Waals surface area contributed by atoms with Crippen molar-refractivity contribution >= 4 is 11.8 Å². The fourth-order valence-electron chi connectivity index (χ4n) is 2.09. The summed E-state index contributed by atoms with van der Waals surface area (Å²) in [7, 11) is 0. The molecule has 1 saturated heterocycles. The summed E-state index contributed by atoms with van der Waals surface area (Å²) in [6.07, 6.45) is 1.48. The third-order valence-corrected chi connectivity index (χ3v) is 3.77. The highest BCUT2D eigenvalue weighted by Gasteiger charge is 2.39. The highest BCUT2D eigenvalue weighted by atomic mass is 32.2. The van der Waals surface area contributed by atoms with E-state index in [2.05, 4.69) is 16.2 Å². The second-order valence-corrected chi connectivity index (χ2v) is 5.19. The molecular formula is C12H17N3O3S. The summed E-state index contributed by atoms with van der Waals surface area (Å²) >= 11 is 1.46. The van der Waals surface area contributed by atoms with Gasteiger partial charge in [-0.15, -0.1) is 11.8 Å². The molecular weight excluding hydrogens is 266 g/mol. The Morgan fingerprint density at radius 1 is 1.47 bits per heavy atom. The van der Waals surface area contributed by atoms with Crippen LogP contribution in [0.4, 0.5) is 0 Å². The van der Waals surface area contributed by atoms with Crippen LogP contribution in [0.15, 0.2) is 4.52 Å². The minimum absolute atomic E-state index is 0.419. The molecule has 0 atom stereocenters. The molecule has 0 N–H and O–H groups in total. The van der Waals surface area contributed by atoms with Gasteiger partial charge in [0.1, 0.15) is 5.60 Å². The molecule has 0 amide bonds. The normalized spacial score (nSPS) is 18.1. The highest BCUT2D eigenvalue weighted by molar-refractivity contribution is 7.98. The van der Waals surface area contributed by atoms with Crippen LogP contribution in [0.5, 0.6) is 0 Å². The lowest BCUT2D eigenvalue weighted by atomic mass is 9.93. The zero-order chi connectivity index (χ0) is 13.6. The molecule has 19 heavy (non-hydrogen) atoms. The Morgan fingerprint density at radius 3 is 2.95 bits per heavy atom. The summed E-state index contributed by atoms with van der Waals surface area (Å²) in [5, 5.41) is 12.5. The fraction of sp³-hybridized carbons (Fsp3) is 0.750. The fourth-order valence-corrected chi connectivity index (χ4v) is 2.58. The Bertz CT molecular complexity index is 432. The molecule has 2 rings (SSSR count). The van der Waals surface area contributed by atoms with E-state index in [9.17, 15) is 0 Å². The largest absolute Gasteiger partial charge is 0.381 e. The van der Waals surface area contributed by atoms with Crippen LogP contribution in [-0.4, -0.2) is 35.7 Å². The van der Waals surface area contributed by atoms with Gasteiger partial charge in [-0.25, -0.2) is 0 Å². The van der Waals surface area contributed by atoms with Gasteiger partial charge in [0.05, 0.1) is 17.6 Å². The van der Waals surface area contributed by atoms with Crippen LogP contribution in [0.1, 0.15) is 31.5 Å². The minimum atomic E-state index is -0.478. The molecule has 0 saturated carbocycles. The molecule has 6 nitrogen and oxygen atoms in total. The van der Waals surface area contributed by atoms with Crippen LogP contribution >= 0.6 is 11.8 Å². The van der Waals surface area contributed by atoms with Gasteiger partial charge in [-0.05, 0) is 6.92 Å². The molecule has 0 bridgehead atoms. The monoisotopic (exact) mass is 283 g/mol. The second-order valence-electron chi connectivity index (χ2n) is 4.20. The maximum Gasteiger partial charge on any atom is 0.236 e. The predicted octanol–water partition coefficient (Wildman–Crippen LogP) is 1.87. The standard InChI is InChI=1S/C12H17N3O3S/c1-2-17-12(3-6-16-7-4-12)11-14-10(18-15-11)9-19-8-5-13/h2-4,6-9H2,1H3. The maximum atomic E-state index is 8.49. The van der Waals surface area contributed by atoms with E-state index in [1.165, 1.54) is 11.8 Å². The molecule has 1 aromatic rings. The first kappa shape index (κ1) is 14.3. The van der Waals surface area contributed by atoms with Crippen molar-refractivity contribution in [1.82, 2.24) is 10.1 Å². The lowest BCUT2D eigenvalue weighted by Crippen LogP contribution is -2.37. The highest BCUT2D eigenvalue weighted by Crippen LogP contribution is 2.34. The number of nitrogens with zero attached hydrogens (tertiary/aromatic N) is 3. The van der Waals surface area contributed by atoms with E-state index >= 15 is 0 Å². The predicted molar refractivity (Wildman–Crippen MR) is 69.4 cm³/mol. The number of aromatic nitrogens is 2. The number of thioether (sulfide) groups is 1. The number of ether oxygens (including phenoxy) is 2. The third kappa shape index (κ3) is 3.47. The lowest BCUT2D eigenvalue weighted by molar-refractivity contribution is -0.118. The van der Waals surface area contributed by atoms with Gasteiger partial charge in [-0.2, -0.15) is 10.2 Å². The quantitative estimate of drug-likeness (QED) is 0.737. The van der Waals surface area contributed by atoms with Crippen molar-refractivity contribution in [3.8, 4) is 6.07 Å². The van der Waals surface area contributed by atoms with Crippen LogP contribution in [0.3, 0.4) is 0 Å². The Kier molecular flexibility index (Phi) is 5.19. The van der Waals surface area contributed by atoms with Gasteiger partial charge in [0.25, 0.3) is 0 Å². The molecule has 0 aromatic carbocycles. The molecule has 0 unspecified atom stereocenters. The van der Waals surface area contributed by atoms with Crippen molar-refractivity contribution in [2.24, 2.45) is 0 Å². The maximum absolute atomic E-state index is 8.49. The van der Waals surface area contributed by atoms with Crippen LogP contribution in [-0.2, 0) is 20.8 Å². The smallest absolute Gasteiger partial charge is 0.236 e. The summed E-state index contributed by atoms with van der Waals surface area (Å²) in [5.74, 6) is 2.12. The molecule has 2 heterocycles. The van der Waals surface area contributed by atoms with Gasteiger partial charge in [0.2, 0.25) is 11.7 Å². The molecule has 1 fully saturated rings. The minimum Gasteiger partial charge on any atom is -0.381 e. The number of rotatable bonds is 6. The van der Waals surface area contributed by atoms with E-state index in [4.69, 9.17) is 19.3 Å². The van der Waals surface area contributed by atoms with Crippen LogP contribution in [0, 0.1) is 11.3 Å². The zero-order valence-corrected chi connectivity index (χ0v) is 11.7. The van der Waals surface area contributed by atoms with Crippen molar-refractivity contribution in [2.45, 2.75) is 31.1 Å². The van der Waals surface area contributed by atoms with Gasteiger partial charge >= 0.3 is 0 Å². The molecule has 104 valence electrons. The Balaban J connectivity index is 2.07. The summed E-state index contributed by atoms with van der Waals surface area (Å²) in [5.41, 5.74) is -0.478. The lowest BCUT2D eigenvalue weighted by Gasteiger charge is -2.33. The number of hydrogen-bond acceptors (Lipinski definition) is 7. The van der Waals surface area contributed by atoms with Crippen molar-refractivity contribution in [1.29, 1.82) is 5.26 Å². The van der Waals surface area contributed by atoms with E-state index in [0.717, 1.165) is 12.8 Å². The molecule has 7 heteroatoms. The van der Waals surface area contributed by atoms with E-state index in [-0.39, 0.29) is 0 Å². The van der Waals surface area contributed by atoms with Crippen LogP contribution in [0.25, 0.3) is 0 Å². The van der Waals surface area contributed by atoms with E-state index in [1.807, 2.05) is 6.92 Å². The Hall–Kier alpha value is -1.10. The topological polar surface area (TPSA) is 81.2 Å². The first-order valence-electron chi connectivity index (χ1n) is 6.30. The number of hydrogen-bond donors (Lipinski definition) is 0. The first-order chi connectivity index (χ1) is 9.30. The second kappa shape index (κ2) is 6.89. The summed E-state index contributed by atoms with van der Waals surface area (Å²) in [4.78, 5) is 4.41. The first-order valence-corrected chi connectivity index (χ1v) is 7.45. The molecule has 1 aromatic heterocycles. The van der Waals surface area contributed by atoms with Crippen molar-refractivity contribution in [3.63, 3.8) is 0 Å². The van der Waals surface area contributed by atoms with Gasteiger partial charge in [-0.1, -0.05) is 5.16 Å². The van der Waals surface area contributed by atoms with Gasteiger partial charge in [-0.3, -0.25) is 0 Å². The van der Waals surface area contributed by atoms with E-state index < -0.39 is 5.60 Å². The van der Waals surface area contributed by atoms with Crippen molar-refractivity contribution in [2.75, 3.05) is 25.6 Å². The Labute approximate surface area is 116 Å². The average molecular weight is 283 g/mol. The zero-order valence-electron chi connectivity index (χ0n) is 10.9. The summed E-state index contributed by atoms with van der Waals surface area (Å²) in [6, 6.07) is 2.07. The van der Waals surface area contributed by atoms with Crippen LogP contribution < -0.4 is 0 Å². The molecule has 0 spiro atoms. The molecule has 1 aliphatic rings. The summed E-state index contributed by atoms with van der Waals surface area (Å²) < 4.78 is 16.5. The average Bonchev–Trinajstić information content (AvgIpc) is 2.90. The van der Waals surface area contributed by atoms with Crippen LogP contribution in [0.2, 0.25) is 0 Å².